The second-order valence-corrected chi connectivity index (χ2v) is 6.16. The molecule has 6 heteroatoms. The summed E-state index contributed by atoms with van der Waals surface area (Å²) in [6.45, 7) is 2.86. The summed E-state index contributed by atoms with van der Waals surface area (Å²) >= 11 is 1.46. The molecule has 4 rings (SSSR count). The quantitative estimate of drug-likeness (QED) is 0.447. The predicted octanol–water partition coefficient (Wildman–Crippen LogP) is 4.16. The Balaban J connectivity index is 1.81. The lowest BCUT2D eigenvalue weighted by atomic mass is 10.2. The van der Waals surface area contributed by atoms with E-state index in [0.717, 1.165) is 39.2 Å². The van der Waals surface area contributed by atoms with Crippen LogP contribution in [0.15, 0.2) is 65.0 Å². The van der Waals surface area contributed by atoms with Crippen molar-refractivity contribution in [2.45, 2.75) is 17.1 Å². The Morgan fingerprint density at radius 1 is 0.875 bits per heavy atom. The van der Waals surface area contributed by atoms with E-state index in [4.69, 9.17) is 0 Å². The minimum absolute atomic E-state index is 0.675. The van der Waals surface area contributed by atoms with Gasteiger partial charge in [-0.25, -0.2) is 19.9 Å². The minimum Gasteiger partial charge on any atom is -0.370 e. The number of rotatable bonds is 4. The van der Waals surface area contributed by atoms with Gasteiger partial charge in [-0.05, 0) is 36.9 Å². The molecule has 0 aliphatic carbocycles. The Labute approximate surface area is 143 Å². The molecule has 0 aliphatic heterocycles. The standard InChI is InChI=1S/C18H15N5S/c1-2-19-16-12-7-3-6-10-15(12)22-18(23-16)24-17-13-8-4-5-9-14(13)20-11-21-17/h3-11H,2H2,1H3,(H,19,22,23). The number of benzene rings is 2. The van der Waals surface area contributed by atoms with Gasteiger partial charge in [-0.3, -0.25) is 0 Å². The summed E-state index contributed by atoms with van der Waals surface area (Å²) in [4.78, 5) is 18.1. The van der Waals surface area contributed by atoms with Crippen molar-refractivity contribution in [3.63, 3.8) is 0 Å². The van der Waals surface area contributed by atoms with Gasteiger partial charge in [-0.15, -0.1) is 0 Å². The summed E-state index contributed by atoms with van der Waals surface area (Å²) < 4.78 is 0. The molecular weight excluding hydrogens is 318 g/mol. The number of hydrogen-bond donors (Lipinski definition) is 1. The molecule has 0 amide bonds. The summed E-state index contributed by atoms with van der Waals surface area (Å²) in [5, 5.41) is 6.88. The topological polar surface area (TPSA) is 63.6 Å². The first-order valence-corrected chi connectivity index (χ1v) is 8.55. The highest BCUT2D eigenvalue weighted by molar-refractivity contribution is 7.99. The molecule has 1 N–H and O–H groups in total. The Hall–Kier alpha value is -2.73. The average Bonchev–Trinajstić information content (AvgIpc) is 2.62. The highest BCUT2D eigenvalue weighted by Gasteiger charge is 2.11. The first kappa shape index (κ1) is 14.8. The highest BCUT2D eigenvalue weighted by Crippen LogP contribution is 2.31. The summed E-state index contributed by atoms with van der Waals surface area (Å²) in [5.41, 5.74) is 1.84. The molecule has 0 aliphatic rings. The number of aromatic nitrogens is 4. The molecule has 24 heavy (non-hydrogen) atoms. The molecule has 5 nitrogen and oxygen atoms in total. The number of nitrogens with zero attached hydrogens (tertiary/aromatic N) is 4. The zero-order chi connectivity index (χ0) is 16.4. The molecule has 0 radical (unpaired) electrons. The van der Waals surface area contributed by atoms with Crippen LogP contribution in [0.3, 0.4) is 0 Å². The monoisotopic (exact) mass is 333 g/mol. The normalized spacial score (nSPS) is 11.0. The van der Waals surface area contributed by atoms with E-state index in [-0.39, 0.29) is 0 Å². The molecule has 0 fully saturated rings. The third-order valence-electron chi connectivity index (χ3n) is 3.62. The van der Waals surface area contributed by atoms with E-state index in [0.29, 0.717) is 5.16 Å². The van der Waals surface area contributed by atoms with Crippen LogP contribution in [0.4, 0.5) is 5.82 Å². The fourth-order valence-corrected chi connectivity index (χ4v) is 3.39. The minimum atomic E-state index is 0.675. The van der Waals surface area contributed by atoms with E-state index in [2.05, 4.69) is 32.2 Å². The fraction of sp³-hybridized carbons (Fsp3) is 0.111. The number of hydrogen-bond acceptors (Lipinski definition) is 6. The Bertz CT molecular complexity index is 1010. The van der Waals surface area contributed by atoms with Gasteiger partial charge in [-0.1, -0.05) is 30.3 Å². The van der Waals surface area contributed by atoms with E-state index in [1.54, 1.807) is 6.33 Å². The van der Waals surface area contributed by atoms with Gasteiger partial charge in [0, 0.05) is 17.3 Å². The van der Waals surface area contributed by atoms with Crippen LogP contribution in [-0.2, 0) is 0 Å². The van der Waals surface area contributed by atoms with E-state index in [9.17, 15) is 0 Å². The second-order valence-electron chi connectivity index (χ2n) is 5.20. The van der Waals surface area contributed by atoms with Crippen LogP contribution in [0.1, 0.15) is 6.92 Å². The van der Waals surface area contributed by atoms with Gasteiger partial charge >= 0.3 is 0 Å². The summed E-state index contributed by atoms with van der Waals surface area (Å²) in [6.07, 6.45) is 1.58. The first-order chi connectivity index (χ1) is 11.8. The SMILES string of the molecule is CCNc1nc(Sc2ncnc3ccccc23)nc2ccccc12. The van der Waals surface area contributed by atoms with Gasteiger partial charge in [0.05, 0.1) is 11.0 Å². The smallest absolute Gasteiger partial charge is 0.196 e. The van der Waals surface area contributed by atoms with Crippen molar-refractivity contribution in [1.82, 2.24) is 19.9 Å². The number of para-hydroxylation sites is 2. The molecular formula is C18H15N5S. The van der Waals surface area contributed by atoms with Gasteiger partial charge in [0.15, 0.2) is 5.16 Å². The summed E-state index contributed by atoms with van der Waals surface area (Å²) in [5.74, 6) is 0.851. The Kier molecular flexibility index (Phi) is 3.96. The van der Waals surface area contributed by atoms with Crippen molar-refractivity contribution in [3.8, 4) is 0 Å². The maximum absolute atomic E-state index is 4.67. The van der Waals surface area contributed by atoms with E-state index in [1.807, 2.05) is 48.5 Å². The van der Waals surface area contributed by atoms with E-state index < -0.39 is 0 Å². The predicted molar refractivity (Wildman–Crippen MR) is 97.4 cm³/mol. The first-order valence-electron chi connectivity index (χ1n) is 7.73. The van der Waals surface area contributed by atoms with Crippen LogP contribution in [-0.4, -0.2) is 26.5 Å². The molecule has 0 saturated carbocycles. The fourth-order valence-electron chi connectivity index (χ4n) is 2.55. The van der Waals surface area contributed by atoms with Gasteiger partial charge in [0.2, 0.25) is 0 Å². The average molecular weight is 333 g/mol. The number of anilines is 1. The molecule has 2 aromatic heterocycles. The lowest BCUT2D eigenvalue weighted by Gasteiger charge is -2.09. The summed E-state index contributed by atoms with van der Waals surface area (Å²) in [7, 11) is 0. The van der Waals surface area contributed by atoms with Gasteiger partial charge < -0.3 is 5.32 Å². The van der Waals surface area contributed by atoms with Crippen LogP contribution in [0.2, 0.25) is 0 Å². The van der Waals surface area contributed by atoms with Crippen molar-refractivity contribution in [1.29, 1.82) is 0 Å². The number of fused-ring (bicyclic) bond motifs is 2. The molecule has 0 atom stereocenters. The lowest BCUT2D eigenvalue weighted by molar-refractivity contribution is 0.985. The third kappa shape index (κ3) is 2.76. The van der Waals surface area contributed by atoms with Crippen molar-refractivity contribution in [2.75, 3.05) is 11.9 Å². The lowest BCUT2D eigenvalue weighted by Crippen LogP contribution is -2.02. The molecule has 0 unspecified atom stereocenters. The molecule has 118 valence electrons. The van der Waals surface area contributed by atoms with Crippen LogP contribution in [0.5, 0.6) is 0 Å². The molecule has 0 saturated heterocycles. The van der Waals surface area contributed by atoms with Crippen molar-refractivity contribution in [3.05, 3.63) is 54.9 Å². The molecule has 0 bridgehead atoms. The molecule has 4 aromatic rings. The molecule has 2 heterocycles. The largest absolute Gasteiger partial charge is 0.370 e. The number of nitrogens with one attached hydrogen (secondary N) is 1. The maximum atomic E-state index is 4.67. The third-order valence-corrected chi connectivity index (χ3v) is 4.50. The molecule has 0 spiro atoms. The van der Waals surface area contributed by atoms with E-state index >= 15 is 0 Å². The van der Waals surface area contributed by atoms with Crippen molar-refractivity contribution in [2.24, 2.45) is 0 Å². The van der Waals surface area contributed by atoms with Crippen molar-refractivity contribution >= 4 is 39.4 Å². The van der Waals surface area contributed by atoms with Crippen LogP contribution in [0, 0.1) is 0 Å². The van der Waals surface area contributed by atoms with Crippen LogP contribution in [0.25, 0.3) is 21.8 Å². The highest BCUT2D eigenvalue weighted by atomic mass is 32.2. The van der Waals surface area contributed by atoms with E-state index in [1.165, 1.54) is 11.8 Å². The van der Waals surface area contributed by atoms with Gasteiger partial charge in [-0.2, -0.15) is 0 Å². The van der Waals surface area contributed by atoms with Gasteiger partial charge in [0.25, 0.3) is 0 Å². The maximum Gasteiger partial charge on any atom is 0.196 e. The van der Waals surface area contributed by atoms with Gasteiger partial charge in [0.1, 0.15) is 17.2 Å². The van der Waals surface area contributed by atoms with Crippen molar-refractivity contribution < 1.29 is 0 Å². The van der Waals surface area contributed by atoms with Crippen LogP contribution >= 0.6 is 11.8 Å². The summed E-state index contributed by atoms with van der Waals surface area (Å²) in [6, 6.07) is 16.0. The zero-order valence-corrected chi connectivity index (χ0v) is 13.9. The zero-order valence-electron chi connectivity index (χ0n) is 13.1. The van der Waals surface area contributed by atoms with Crippen LogP contribution < -0.4 is 5.32 Å². The Morgan fingerprint density at radius 3 is 2.46 bits per heavy atom. The second kappa shape index (κ2) is 6.41. The molecule has 2 aromatic carbocycles. The Morgan fingerprint density at radius 2 is 1.62 bits per heavy atom.